The van der Waals surface area contributed by atoms with Gasteiger partial charge in [0.2, 0.25) is 15.9 Å². The summed E-state index contributed by atoms with van der Waals surface area (Å²) in [5.41, 5.74) is 2.57. The number of benzene rings is 2. The van der Waals surface area contributed by atoms with Gasteiger partial charge in [-0.05, 0) is 68.7 Å². The van der Waals surface area contributed by atoms with Gasteiger partial charge in [-0.2, -0.15) is 9.82 Å². The van der Waals surface area contributed by atoms with Gasteiger partial charge in [0, 0.05) is 24.8 Å². The van der Waals surface area contributed by atoms with Crippen molar-refractivity contribution in [3.63, 3.8) is 0 Å². The predicted molar refractivity (Wildman–Crippen MR) is 125 cm³/mol. The van der Waals surface area contributed by atoms with Crippen LogP contribution in [0.5, 0.6) is 0 Å². The van der Waals surface area contributed by atoms with Crippen molar-refractivity contribution < 1.29 is 22.0 Å². The number of aromatic amines is 1. The fourth-order valence-corrected chi connectivity index (χ4v) is 4.83. The first-order valence-electron chi connectivity index (χ1n) is 11.0. The zero-order chi connectivity index (χ0) is 24.7. The van der Waals surface area contributed by atoms with E-state index in [-0.39, 0.29) is 5.82 Å². The lowest BCUT2D eigenvalue weighted by molar-refractivity contribution is -0.131. The summed E-state index contributed by atoms with van der Waals surface area (Å²) in [6.07, 6.45) is 3.26. The van der Waals surface area contributed by atoms with Crippen molar-refractivity contribution in [2.75, 3.05) is 13.6 Å². The molecule has 1 atom stereocenters. The van der Waals surface area contributed by atoms with Crippen molar-refractivity contribution in [2.24, 2.45) is 0 Å². The maximum absolute atomic E-state index is 13.8. The van der Waals surface area contributed by atoms with Gasteiger partial charge < -0.3 is 4.90 Å². The number of unbranched alkanes of at least 4 members (excludes halogenated alkanes) is 2. The molecule has 0 saturated carbocycles. The summed E-state index contributed by atoms with van der Waals surface area (Å²) in [7, 11) is -2.54. The number of aromatic nitrogens is 2. The lowest BCUT2D eigenvalue weighted by Crippen LogP contribution is -2.45. The largest absolute Gasteiger partial charge is 0.344 e. The van der Waals surface area contributed by atoms with Gasteiger partial charge in [-0.25, -0.2) is 17.2 Å². The van der Waals surface area contributed by atoms with Crippen LogP contribution in [-0.4, -0.2) is 49.1 Å². The second kappa shape index (κ2) is 11.3. The van der Waals surface area contributed by atoms with Crippen molar-refractivity contribution in [2.45, 2.75) is 43.5 Å². The van der Waals surface area contributed by atoms with Gasteiger partial charge in [0.25, 0.3) is 0 Å². The van der Waals surface area contributed by atoms with Gasteiger partial charge in [-0.1, -0.05) is 18.6 Å². The van der Waals surface area contributed by atoms with Crippen molar-refractivity contribution >= 4 is 15.9 Å². The summed E-state index contributed by atoms with van der Waals surface area (Å²) >= 11 is 0. The van der Waals surface area contributed by atoms with Crippen LogP contribution in [0, 0.1) is 11.6 Å². The fraction of sp³-hybridized carbons (Fsp3) is 0.333. The van der Waals surface area contributed by atoms with Gasteiger partial charge in [0.05, 0.1) is 11.7 Å². The van der Waals surface area contributed by atoms with Crippen LogP contribution in [-0.2, 0) is 21.2 Å². The van der Waals surface area contributed by atoms with Gasteiger partial charge in [-0.3, -0.25) is 9.89 Å². The molecule has 2 N–H and O–H groups in total. The summed E-state index contributed by atoms with van der Waals surface area (Å²) in [5.74, 6) is -1.55. The maximum atomic E-state index is 13.8. The standard InChI is InChI=1S/C24H28F2N4O3S/c1-17(29-34(32,33)23-10-6-5-9-21(23)26)24(31)30(2)15-7-3-4-8-20-16-22(28-27-20)18-11-13-19(25)14-12-18/h5-6,9-14,16-17,29H,3-4,7-8,15H2,1-2H3,(H,27,28)/t17-/m0/s1. The number of likely N-dealkylation sites (N-methyl/N-ethyl adjacent to an activating group) is 1. The number of nitrogens with zero attached hydrogens (tertiary/aromatic N) is 2. The third-order valence-electron chi connectivity index (χ3n) is 5.42. The molecule has 0 unspecified atom stereocenters. The molecule has 34 heavy (non-hydrogen) atoms. The average molecular weight is 491 g/mol. The summed E-state index contributed by atoms with van der Waals surface area (Å²) < 4.78 is 53.9. The molecule has 0 radical (unpaired) electrons. The molecule has 2 aromatic carbocycles. The van der Waals surface area contributed by atoms with E-state index < -0.39 is 32.7 Å². The number of carbonyl (C=O) groups excluding carboxylic acids is 1. The minimum atomic E-state index is -4.15. The van der Waals surface area contributed by atoms with Crippen molar-refractivity contribution in [3.05, 3.63) is 71.9 Å². The van der Waals surface area contributed by atoms with Crippen LogP contribution in [0.15, 0.2) is 59.5 Å². The molecule has 1 amide bonds. The smallest absolute Gasteiger partial charge is 0.244 e. The minimum absolute atomic E-state index is 0.292. The SMILES string of the molecule is C[C@H](NS(=O)(=O)c1ccccc1F)C(=O)N(C)CCCCCc1cc(-c2ccc(F)cc2)n[nH]1. The van der Waals surface area contributed by atoms with E-state index in [1.165, 1.54) is 36.1 Å². The zero-order valence-electron chi connectivity index (χ0n) is 19.1. The fourth-order valence-electron chi connectivity index (χ4n) is 3.55. The summed E-state index contributed by atoms with van der Waals surface area (Å²) in [4.78, 5) is 13.5. The second-order valence-electron chi connectivity index (χ2n) is 8.13. The Bertz CT molecular complexity index is 1210. The molecule has 0 saturated heterocycles. The molecule has 3 aromatic rings. The van der Waals surface area contributed by atoms with E-state index in [0.29, 0.717) is 6.54 Å². The Morgan fingerprint density at radius 1 is 1.09 bits per heavy atom. The van der Waals surface area contributed by atoms with Crippen LogP contribution in [0.25, 0.3) is 11.3 Å². The number of amides is 1. The van der Waals surface area contributed by atoms with Gasteiger partial charge in [-0.15, -0.1) is 0 Å². The number of hydrogen-bond acceptors (Lipinski definition) is 4. The number of hydrogen-bond donors (Lipinski definition) is 2. The van der Waals surface area contributed by atoms with E-state index >= 15 is 0 Å². The van der Waals surface area contributed by atoms with Crippen molar-refractivity contribution in [1.82, 2.24) is 19.8 Å². The normalized spacial score (nSPS) is 12.5. The van der Waals surface area contributed by atoms with Crippen LogP contribution < -0.4 is 4.72 Å². The Kier molecular flexibility index (Phi) is 8.51. The first kappa shape index (κ1) is 25.5. The Morgan fingerprint density at radius 2 is 1.79 bits per heavy atom. The molecule has 182 valence electrons. The number of H-pyrrole nitrogens is 1. The van der Waals surface area contributed by atoms with Crippen LogP contribution in [0.3, 0.4) is 0 Å². The van der Waals surface area contributed by atoms with Crippen molar-refractivity contribution in [1.29, 1.82) is 0 Å². The topological polar surface area (TPSA) is 95.2 Å². The molecule has 0 bridgehead atoms. The van der Waals surface area contributed by atoms with E-state index in [0.717, 1.165) is 54.8 Å². The van der Waals surface area contributed by atoms with Crippen LogP contribution in [0.2, 0.25) is 0 Å². The summed E-state index contributed by atoms with van der Waals surface area (Å²) in [6.45, 7) is 1.91. The van der Waals surface area contributed by atoms with Crippen LogP contribution in [0.1, 0.15) is 31.9 Å². The first-order valence-corrected chi connectivity index (χ1v) is 12.5. The molecule has 0 aliphatic carbocycles. The second-order valence-corrected chi connectivity index (χ2v) is 9.81. The van der Waals surface area contributed by atoms with Crippen LogP contribution in [0.4, 0.5) is 8.78 Å². The molecule has 10 heteroatoms. The molecule has 0 spiro atoms. The quantitative estimate of drug-likeness (QED) is 0.399. The number of nitrogens with one attached hydrogen (secondary N) is 2. The van der Waals surface area contributed by atoms with Crippen molar-refractivity contribution in [3.8, 4) is 11.3 Å². The average Bonchev–Trinajstić information content (AvgIpc) is 3.27. The van der Waals surface area contributed by atoms with Gasteiger partial charge in [0.1, 0.15) is 16.5 Å². The van der Waals surface area contributed by atoms with E-state index in [1.807, 2.05) is 6.07 Å². The molecule has 1 aromatic heterocycles. The highest BCUT2D eigenvalue weighted by molar-refractivity contribution is 7.89. The first-order chi connectivity index (χ1) is 16.2. The molecular weight excluding hydrogens is 462 g/mol. The van der Waals surface area contributed by atoms with Gasteiger partial charge in [0.15, 0.2) is 0 Å². The van der Waals surface area contributed by atoms with E-state index in [1.54, 1.807) is 19.2 Å². The monoisotopic (exact) mass is 490 g/mol. The molecule has 0 aliphatic heterocycles. The number of sulfonamides is 1. The number of halogens is 2. The maximum Gasteiger partial charge on any atom is 0.244 e. The summed E-state index contributed by atoms with van der Waals surface area (Å²) in [6, 6.07) is 12.1. The highest BCUT2D eigenvalue weighted by Crippen LogP contribution is 2.19. The molecule has 3 rings (SSSR count). The highest BCUT2D eigenvalue weighted by Gasteiger charge is 2.26. The Morgan fingerprint density at radius 3 is 2.50 bits per heavy atom. The number of rotatable bonds is 11. The third-order valence-corrected chi connectivity index (χ3v) is 6.99. The van der Waals surface area contributed by atoms with Gasteiger partial charge >= 0.3 is 0 Å². The van der Waals surface area contributed by atoms with E-state index in [2.05, 4.69) is 14.9 Å². The van der Waals surface area contributed by atoms with Crippen LogP contribution >= 0.6 is 0 Å². The lowest BCUT2D eigenvalue weighted by Gasteiger charge is -2.22. The Hall–Kier alpha value is -3.11. The Labute approximate surface area is 198 Å². The van der Waals surface area contributed by atoms with E-state index in [9.17, 15) is 22.0 Å². The van der Waals surface area contributed by atoms with E-state index in [4.69, 9.17) is 0 Å². The molecule has 7 nitrogen and oxygen atoms in total. The Balaban J connectivity index is 1.41. The summed E-state index contributed by atoms with van der Waals surface area (Å²) in [5, 5.41) is 7.25. The highest BCUT2D eigenvalue weighted by atomic mass is 32.2. The molecule has 0 aliphatic rings. The predicted octanol–water partition coefficient (Wildman–Crippen LogP) is 3.89. The number of aryl methyl sites for hydroxylation is 1. The number of carbonyl (C=O) groups is 1. The molecule has 0 fully saturated rings. The third kappa shape index (κ3) is 6.71. The molecule has 1 heterocycles. The molecular formula is C24H28F2N4O3S. The zero-order valence-corrected chi connectivity index (χ0v) is 19.9. The lowest BCUT2D eigenvalue weighted by atomic mass is 10.1. The minimum Gasteiger partial charge on any atom is -0.344 e.